The third-order valence-corrected chi connectivity index (χ3v) is 16.1. The van der Waals surface area contributed by atoms with E-state index in [4.69, 9.17) is 14.2 Å². The van der Waals surface area contributed by atoms with E-state index in [9.17, 15) is 14.4 Å². The van der Waals surface area contributed by atoms with Crippen molar-refractivity contribution in [1.29, 1.82) is 0 Å². The van der Waals surface area contributed by atoms with Crippen LogP contribution in [0, 0.1) is 0 Å². The van der Waals surface area contributed by atoms with E-state index < -0.39 is 6.10 Å². The Labute approximate surface area is 498 Å². The van der Waals surface area contributed by atoms with Gasteiger partial charge >= 0.3 is 17.9 Å². The van der Waals surface area contributed by atoms with Gasteiger partial charge in [-0.15, -0.1) is 0 Å². The first kappa shape index (κ1) is 77.4. The first-order valence-electron chi connectivity index (χ1n) is 35.6. The summed E-state index contributed by atoms with van der Waals surface area (Å²) in [6, 6.07) is 0. The molecule has 468 valence electrons. The minimum Gasteiger partial charge on any atom is -0.462 e. The van der Waals surface area contributed by atoms with Gasteiger partial charge in [0.2, 0.25) is 0 Å². The molecule has 0 aromatic carbocycles. The molecule has 0 aliphatic heterocycles. The fourth-order valence-corrected chi connectivity index (χ4v) is 10.8. The summed E-state index contributed by atoms with van der Waals surface area (Å²) in [6.07, 6.45) is 87.3. The second-order valence-electron chi connectivity index (χ2n) is 24.1. The highest BCUT2D eigenvalue weighted by Crippen LogP contribution is 2.19. The first-order chi connectivity index (χ1) is 39.5. The Bertz CT molecular complexity index is 1380. The van der Waals surface area contributed by atoms with Crippen LogP contribution in [0.15, 0.2) is 48.6 Å². The Balaban J connectivity index is 4.04. The maximum absolute atomic E-state index is 12.9. The summed E-state index contributed by atoms with van der Waals surface area (Å²) in [5.41, 5.74) is 0. The molecule has 0 fully saturated rings. The summed E-state index contributed by atoms with van der Waals surface area (Å²) in [5.74, 6) is -0.834. The van der Waals surface area contributed by atoms with Gasteiger partial charge in [0.25, 0.3) is 0 Å². The molecule has 0 aliphatic carbocycles. The molecule has 0 rings (SSSR count). The van der Waals surface area contributed by atoms with Crippen molar-refractivity contribution >= 4 is 17.9 Å². The van der Waals surface area contributed by atoms with Crippen LogP contribution >= 0.6 is 0 Å². The number of hydrogen-bond donors (Lipinski definition) is 0. The highest BCUT2D eigenvalue weighted by molar-refractivity contribution is 5.71. The van der Waals surface area contributed by atoms with Gasteiger partial charge in [-0.3, -0.25) is 14.4 Å². The topological polar surface area (TPSA) is 78.9 Å². The van der Waals surface area contributed by atoms with Gasteiger partial charge in [-0.1, -0.05) is 358 Å². The number of carbonyl (C=O) groups is 3. The van der Waals surface area contributed by atoms with Crippen LogP contribution in [-0.4, -0.2) is 37.2 Å². The summed E-state index contributed by atoms with van der Waals surface area (Å²) in [5, 5.41) is 0. The number of unbranched alkanes of at least 4 members (excludes halogenated alkanes) is 47. The third-order valence-electron chi connectivity index (χ3n) is 16.1. The monoisotopic (exact) mass is 1120 g/mol. The van der Waals surface area contributed by atoms with Crippen molar-refractivity contribution < 1.29 is 28.6 Å². The Hall–Kier alpha value is -2.63. The Morgan fingerprint density at radius 3 is 0.762 bits per heavy atom. The van der Waals surface area contributed by atoms with E-state index in [1.165, 1.54) is 263 Å². The lowest BCUT2D eigenvalue weighted by atomic mass is 10.0. The Morgan fingerprint density at radius 2 is 0.487 bits per heavy atom. The quantitative estimate of drug-likeness (QED) is 0.0261. The first-order valence-corrected chi connectivity index (χ1v) is 35.6. The molecule has 0 N–H and O–H groups in total. The summed E-state index contributed by atoms with van der Waals surface area (Å²) < 4.78 is 17.0. The second kappa shape index (κ2) is 68.9. The number of rotatable bonds is 66. The number of carbonyl (C=O) groups excluding carboxylic acids is 3. The van der Waals surface area contributed by atoms with Crippen LogP contribution < -0.4 is 0 Å². The summed E-state index contributed by atoms with van der Waals surface area (Å²) in [6.45, 7) is 6.59. The highest BCUT2D eigenvalue weighted by atomic mass is 16.6. The fraction of sp³-hybridized carbons (Fsp3) is 0.851. The molecule has 0 spiro atoms. The van der Waals surface area contributed by atoms with Crippen molar-refractivity contribution in [3.8, 4) is 0 Å². The van der Waals surface area contributed by atoms with E-state index in [-0.39, 0.29) is 31.1 Å². The lowest BCUT2D eigenvalue weighted by molar-refractivity contribution is -0.167. The van der Waals surface area contributed by atoms with Crippen LogP contribution in [0.3, 0.4) is 0 Å². The number of ether oxygens (including phenoxy) is 3. The summed E-state index contributed by atoms with van der Waals surface area (Å²) in [7, 11) is 0. The van der Waals surface area contributed by atoms with Crippen molar-refractivity contribution in [1.82, 2.24) is 0 Å². The molecule has 0 saturated carbocycles. The Morgan fingerprint density at radius 1 is 0.263 bits per heavy atom. The van der Waals surface area contributed by atoms with Gasteiger partial charge in [-0.25, -0.2) is 0 Å². The van der Waals surface area contributed by atoms with Crippen molar-refractivity contribution in [2.45, 2.75) is 393 Å². The van der Waals surface area contributed by atoms with Crippen molar-refractivity contribution in [2.24, 2.45) is 0 Å². The summed E-state index contributed by atoms with van der Waals surface area (Å²) >= 11 is 0. The lowest BCUT2D eigenvalue weighted by Crippen LogP contribution is -2.30. The molecule has 6 heteroatoms. The second-order valence-corrected chi connectivity index (χ2v) is 24.1. The molecule has 0 aliphatic rings. The zero-order valence-corrected chi connectivity index (χ0v) is 53.9. The van der Waals surface area contributed by atoms with E-state index in [1.807, 2.05) is 0 Å². The molecular formula is C74H136O6. The maximum atomic E-state index is 12.9. The molecule has 80 heavy (non-hydrogen) atoms. The minimum atomic E-state index is -0.766. The van der Waals surface area contributed by atoms with Crippen LogP contribution in [0.2, 0.25) is 0 Å². The molecule has 0 heterocycles. The minimum absolute atomic E-state index is 0.0641. The lowest BCUT2D eigenvalue weighted by Gasteiger charge is -2.18. The van der Waals surface area contributed by atoms with Crippen LogP contribution in [0.25, 0.3) is 0 Å². The van der Waals surface area contributed by atoms with Crippen molar-refractivity contribution in [3.63, 3.8) is 0 Å². The van der Waals surface area contributed by atoms with Crippen LogP contribution in [-0.2, 0) is 28.6 Å². The molecule has 0 aromatic rings. The average molecular weight is 1120 g/mol. The summed E-state index contributed by atoms with van der Waals surface area (Å²) in [4.78, 5) is 38.3. The standard InChI is InChI=1S/C74H136O6/c1-4-7-10-13-16-19-22-25-27-28-29-30-31-32-33-34-35-36-37-38-39-40-41-42-43-44-45-46-47-50-52-55-58-61-64-67-73(76)79-70-71(69-78-72(75)66-63-60-57-54-51-48-24-21-18-15-12-9-6-3)80-74(77)68-65-62-59-56-53-49-26-23-20-17-14-11-8-5-2/h7,10,16,19,25,27,29-30,71H,4-6,8-9,11-15,17-18,20-24,26,28,31-70H2,1-3H3/b10-7-,19-16-,27-25-,30-29-. The van der Waals surface area contributed by atoms with E-state index in [0.29, 0.717) is 19.3 Å². The van der Waals surface area contributed by atoms with E-state index in [2.05, 4.69) is 69.4 Å². The largest absolute Gasteiger partial charge is 0.462 e. The highest BCUT2D eigenvalue weighted by Gasteiger charge is 2.19. The predicted octanol–water partition coefficient (Wildman–Crippen LogP) is 24.5. The molecule has 0 radical (unpaired) electrons. The van der Waals surface area contributed by atoms with Gasteiger partial charge in [-0.05, 0) is 57.8 Å². The molecule has 0 amide bonds. The van der Waals surface area contributed by atoms with E-state index in [1.54, 1.807) is 0 Å². The Kier molecular flexibility index (Phi) is 66.6. The van der Waals surface area contributed by atoms with Gasteiger partial charge in [0.15, 0.2) is 6.10 Å². The van der Waals surface area contributed by atoms with Crippen molar-refractivity contribution in [2.75, 3.05) is 13.2 Å². The van der Waals surface area contributed by atoms with Crippen LogP contribution in [0.4, 0.5) is 0 Å². The zero-order valence-electron chi connectivity index (χ0n) is 53.9. The fourth-order valence-electron chi connectivity index (χ4n) is 10.8. The smallest absolute Gasteiger partial charge is 0.306 e. The van der Waals surface area contributed by atoms with Gasteiger partial charge in [0.1, 0.15) is 13.2 Å². The molecule has 0 bridgehead atoms. The van der Waals surface area contributed by atoms with E-state index >= 15 is 0 Å². The van der Waals surface area contributed by atoms with Gasteiger partial charge in [0, 0.05) is 19.3 Å². The molecular weight excluding hydrogens is 985 g/mol. The van der Waals surface area contributed by atoms with Gasteiger partial charge in [-0.2, -0.15) is 0 Å². The normalized spacial score (nSPS) is 12.3. The van der Waals surface area contributed by atoms with Crippen molar-refractivity contribution in [3.05, 3.63) is 48.6 Å². The maximum Gasteiger partial charge on any atom is 0.306 e. The SMILES string of the molecule is CC/C=C\C/C=C\C/C=C\C/C=C\CCCCCCCCCCCCCCCCCCCCCCCCC(=O)OCC(COC(=O)CCCCCCCCCCCCCCC)OC(=O)CCCCCCCCCCCCCCCC. The van der Waals surface area contributed by atoms with E-state index in [0.717, 1.165) is 83.5 Å². The van der Waals surface area contributed by atoms with Crippen LogP contribution in [0.1, 0.15) is 387 Å². The number of hydrogen-bond acceptors (Lipinski definition) is 6. The average Bonchev–Trinajstić information content (AvgIpc) is 3.46. The zero-order chi connectivity index (χ0) is 57.8. The number of esters is 3. The predicted molar refractivity (Wildman–Crippen MR) is 349 cm³/mol. The number of allylic oxidation sites excluding steroid dienone is 8. The third kappa shape index (κ3) is 66.2. The van der Waals surface area contributed by atoms with Gasteiger partial charge < -0.3 is 14.2 Å². The van der Waals surface area contributed by atoms with Crippen LogP contribution in [0.5, 0.6) is 0 Å². The molecule has 1 atom stereocenters. The van der Waals surface area contributed by atoms with Gasteiger partial charge in [0.05, 0.1) is 0 Å². The molecule has 1 unspecified atom stereocenters. The molecule has 0 aromatic heterocycles. The molecule has 0 saturated heterocycles. The molecule has 6 nitrogen and oxygen atoms in total.